The second kappa shape index (κ2) is 5.58. The second-order valence-electron chi connectivity index (χ2n) is 3.94. The summed E-state index contributed by atoms with van der Waals surface area (Å²) in [5.74, 6) is 7.93. The monoisotopic (exact) mass is 239 g/mol. The van der Waals surface area contributed by atoms with Gasteiger partial charge in [-0.2, -0.15) is 11.8 Å². The molecule has 1 aromatic heterocycles. The minimum absolute atomic E-state index is 0.0963. The molecule has 1 aromatic rings. The van der Waals surface area contributed by atoms with Crippen LogP contribution in [-0.2, 0) is 0 Å². The van der Waals surface area contributed by atoms with E-state index in [-0.39, 0.29) is 6.04 Å². The molecule has 0 aromatic carbocycles. The Morgan fingerprint density at radius 3 is 2.94 bits per heavy atom. The first-order valence-corrected chi connectivity index (χ1v) is 6.47. The number of aromatic nitrogens is 2. The van der Waals surface area contributed by atoms with Crippen LogP contribution in [0.2, 0.25) is 0 Å². The lowest BCUT2D eigenvalue weighted by molar-refractivity contribution is 0.216. The molecule has 1 fully saturated rings. The number of thioether (sulfide) groups is 1. The first kappa shape index (κ1) is 11.8. The molecular formula is C10H17N5S. The third-order valence-corrected chi connectivity index (χ3v) is 4.00. The summed E-state index contributed by atoms with van der Waals surface area (Å²) in [6.45, 7) is 1.10. The molecule has 2 heterocycles. The average molecular weight is 239 g/mol. The van der Waals surface area contributed by atoms with Crippen molar-refractivity contribution in [2.24, 2.45) is 5.84 Å². The van der Waals surface area contributed by atoms with E-state index in [2.05, 4.69) is 27.3 Å². The summed E-state index contributed by atoms with van der Waals surface area (Å²) in [6.07, 6.45) is 5.19. The molecule has 2 atom stereocenters. The molecule has 1 saturated heterocycles. The summed E-state index contributed by atoms with van der Waals surface area (Å²) in [5, 5.41) is 0. The van der Waals surface area contributed by atoms with E-state index in [1.807, 2.05) is 24.2 Å². The predicted octanol–water partition coefficient (Wildman–Crippen LogP) is 0.0282. The maximum atomic E-state index is 5.66. The lowest BCUT2D eigenvalue weighted by atomic mass is 10.0. The van der Waals surface area contributed by atoms with Gasteiger partial charge in [0.05, 0.1) is 6.04 Å². The number of hydrogen-bond acceptors (Lipinski definition) is 6. The van der Waals surface area contributed by atoms with Crippen LogP contribution in [-0.4, -0.2) is 46.0 Å². The molecule has 0 bridgehead atoms. The van der Waals surface area contributed by atoms with Crippen molar-refractivity contribution >= 4 is 11.8 Å². The van der Waals surface area contributed by atoms with Gasteiger partial charge in [-0.3, -0.25) is 16.2 Å². The number of likely N-dealkylation sites (N-methyl/N-ethyl adjacent to an activating group) is 1. The molecule has 16 heavy (non-hydrogen) atoms. The number of hydrazine groups is 1. The zero-order valence-electron chi connectivity index (χ0n) is 9.34. The predicted molar refractivity (Wildman–Crippen MR) is 65.8 cm³/mol. The Labute approximate surface area is 99.8 Å². The van der Waals surface area contributed by atoms with Crippen molar-refractivity contribution in [1.29, 1.82) is 0 Å². The van der Waals surface area contributed by atoms with Crippen molar-refractivity contribution in [3.05, 3.63) is 24.3 Å². The molecular weight excluding hydrogens is 222 g/mol. The Morgan fingerprint density at radius 2 is 2.31 bits per heavy atom. The summed E-state index contributed by atoms with van der Waals surface area (Å²) >= 11 is 1.97. The molecule has 2 rings (SSSR count). The summed E-state index contributed by atoms with van der Waals surface area (Å²) in [7, 11) is 2.14. The standard InChI is InChI=1S/C10H17N5S/c1-15-2-3-16-6-9(15)10(14-11)8-4-12-7-13-5-8/h4-5,7,9-10,14H,2-3,6,11H2,1H3. The van der Waals surface area contributed by atoms with E-state index in [9.17, 15) is 0 Å². The van der Waals surface area contributed by atoms with Crippen LogP contribution in [0, 0.1) is 0 Å². The van der Waals surface area contributed by atoms with E-state index in [0.717, 1.165) is 17.9 Å². The number of nitrogens with two attached hydrogens (primary N) is 1. The minimum Gasteiger partial charge on any atom is -0.300 e. The summed E-state index contributed by atoms with van der Waals surface area (Å²) in [6, 6.07) is 0.494. The fraction of sp³-hybridized carbons (Fsp3) is 0.600. The SMILES string of the molecule is CN1CCSCC1C(NN)c1cncnc1. The molecule has 3 N–H and O–H groups in total. The van der Waals surface area contributed by atoms with Gasteiger partial charge in [-0.15, -0.1) is 0 Å². The van der Waals surface area contributed by atoms with Gasteiger partial charge in [0.2, 0.25) is 0 Å². The molecule has 0 saturated carbocycles. The van der Waals surface area contributed by atoms with Crippen LogP contribution in [0.25, 0.3) is 0 Å². The molecule has 0 amide bonds. The number of nitrogens with one attached hydrogen (secondary N) is 1. The lowest BCUT2D eigenvalue weighted by Crippen LogP contribution is -2.49. The average Bonchev–Trinajstić information content (AvgIpc) is 2.34. The van der Waals surface area contributed by atoms with Gasteiger partial charge in [-0.1, -0.05) is 0 Å². The van der Waals surface area contributed by atoms with Gasteiger partial charge in [0.25, 0.3) is 0 Å². The van der Waals surface area contributed by atoms with Gasteiger partial charge in [0.15, 0.2) is 0 Å². The van der Waals surface area contributed by atoms with Crippen LogP contribution in [0.4, 0.5) is 0 Å². The van der Waals surface area contributed by atoms with E-state index in [1.54, 1.807) is 0 Å². The van der Waals surface area contributed by atoms with Crippen molar-refractivity contribution in [2.45, 2.75) is 12.1 Å². The third kappa shape index (κ3) is 2.52. The number of nitrogens with zero attached hydrogens (tertiary/aromatic N) is 3. The first-order valence-electron chi connectivity index (χ1n) is 5.32. The van der Waals surface area contributed by atoms with Crippen LogP contribution in [0.3, 0.4) is 0 Å². The van der Waals surface area contributed by atoms with E-state index >= 15 is 0 Å². The highest BCUT2D eigenvalue weighted by atomic mass is 32.2. The van der Waals surface area contributed by atoms with Crippen LogP contribution >= 0.6 is 11.8 Å². The highest BCUT2D eigenvalue weighted by Crippen LogP contribution is 2.25. The van der Waals surface area contributed by atoms with Crippen molar-refractivity contribution < 1.29 is 0 Å². The van der Waals surface area contributed by atoms with E-state index < -0.39 is 0 Å². The largest absolute Gasteiger partial charge is 0.300 e. The highest BCUT2D eigenvalue weighted by Gasteiger charge is 2.28. The van der Waals surface area contributed by atoms with Gasteiger partial charge in [0, 0.05) is 42.0 Å². The van der Waals surface area contributed by atoms with E-state index in [4.69, 9.17) is 5.84 Å². The summed E-state index contributed by atoms with van der Waals surface area (Å²) in [4.78, 5) is 10.4. The van der Waals surface area contributed by atoms with Gasteiger partial charge >= 0.3 is 0 Å². The zero-order valence-corrected chi connectivity index (χ0v) is 10.2. The van der Waals surface area contributed by atoms with Gasteiger partial charge in [-0.25, -0.2) is 9.97 Å². The fourth-order valence-corrected chi connectivity index (χ4v) is 3.23. The Morgan fingerprint density at radius 1 is 1.56 bits per heavy atom. The fourth-order valence-electron chi connectivity index (χ4n) is 1.96. The molecule has 0 spiro atoms. The normalized spacial score (nSPS) is 24.2. The molecule has 0 aliphatic carbocycles. The Hall–Kier alpha value is -0.690. The Bertz CT molecular complexity index is 320. The first-order chi connectivity index (χ1) is 7.83. The topological polar surface area (TPSA) is 67.1 Å². The summed E-state index contributed by atoms with van der Waals surface area (Å²) in [5.41, 5.74) is 3.93. The van der Waals surface area contributed by atoms with Gasteiger partial charge in [-0.05, 0) is 7.05 Å². The van der Waals surface area contributed by atoms with Crippen molar-refractivity contribution in [3.63, 3.8) is 0 Å². The van der Waals surface area contributed by atoms with E-state index in [1.165, 1.54) is 12.1 Å². The second-order valence-corrected chi connectivity index (χ2v) is 5.09. The molecule has 88 valence electrons. The van der Waals surface area contributed by atoms with Crippen molar-refractivity contribution in [3.8, 4) is 0 Å². The maximum Gasteiger partial charge on any atom is 0.115 e. The zero-order chi connectivity index (χ0) is 11.4. The lowest BCUT2D eigenvalue weighted by Gasteiger charge is -2.37. The minimum atomic E-state index is 0.0963. The molecule has 0 radical (unpaired) electrons. The summed E-state index contributed by atoms with van der Waals surface area (Å²) < 4.78 is 0. The van der Waals surface area contributed by atoms with E-state index in [0.29, 0.717) is 6.04 Å². The quantitative estimate of drug-likeness (QED) is 0.573. The molecule has 1 aliphatic heterocycles. The highest BCUT2D eigenvalue weighted by molar-refractivity contribution is 7.99. The Balaban J connectivity index is 2.15. The Kier molecular flexibility index (Phi) is 4.11. The van der Waals surface area contributed by atoms with Gasteiger partial charge < -0.3 is 0 Å². The van der Waals surface area contributed by atoms with Crippen LogP contribution < -0.4 is 11.3 Å². The third-order valence-electron chi connectivity index (χ3n) is 2.95. The van der Waals surface area contributed by atoms with Crippen LogP contribution in [0.1, 0.15) is 11.6 Å². The molecule has 6 heteroatoms. The van der Waals surface area contributed by atoms with Crippen LogP contribution in [0.5, 0.6) is 0 Å². The van der Waals surface area contributed by atoms with Crippen LogP contribution in [0.15, 0.2) is 18.7 Å². The number of hydrogen-bond donors (Lipinski definition) is 2. The molecule has 5 nitrogen and oxygen atoms in total. The van der Waals surface area contributed by atoms with Crippen molar-refractivity contribution in [1.82, 2.24) is 20.3 Å². The van der Waals surface area contributed by atoms with Crippen molar-refractivity contribution in [2.75, 3.05) is 25.1 Å². The smallest absolute Gasteiger partial charge is 0.115 e. The van der Waals surface area contributed by atoms with Gasteiger partial charge in [0.1, 0.15) is 6.33 Å². The molecule has 1 aliphatic rings. The molecule has 2 unspecified atom stereocenters. The number of rotatable bonds is 3. The maximum absolute atomic E-state index is 5.66.